The van der Waals surface area contributed by atoms with Crippen molar-refractivity contribution in [3.63, 3.8) is 0 Å². The van der Waals surface area contributed by atoms with Crippen LogP contribution < -0.4 is 9.54 Å². The SMILES string of the molecule is C=CCN=c1scc(-c2ccc(OC)cc2)n1N=Cc1ccc(C)o1. The second-order valence-corrected chi connectivity index (χ2v) is 6.10. The molecule has 25 heavy (non-hydrogen) atoms. The van der Waals surface area contributed by atoms with Crippen LogP contribution in [0.5, 0.6) is 5.75 Å². The highest BCUT2D eigenvalue weighted by Crippen LogP contribution is 2.23. The van der Waals surface area contributed by atoms with E-state index in [1.807, 2.05) is 53.4 Å². The Morgan fingerprint density at radius 1 is 1.24 bits per heavy atom. The summed E-state index contributed by atoms with van der Waals surface area (Å²) in [5, 5.41) is 6.61. The lowest BCUT2D eigenvalue weighted by Gasteiger charge is -2.04. The molecule has 6 heteroatoms. The van der Waals surface area contributed by atoms with Crippen LogP contribution in [0.3, 0.4) is 0 Å². The van der Waals surface area contributed by atoms with Gasteiger partial charge >= 0.3 is 0 Å². The number of aromatic nitrogens is 1. The average Bonchev–Trinajstić information content (AvgIpc) is 3.24. The van der Waals surface area contributed by atoms with Crippen LogP contribution in [0.15, 0.2) is 68.9 Å². The van der Waals surface area contributed by atoms with Crippen LogP contribution in [0, 0.1) is 6.92 Å². The summed E-state index contributed by atoms with van der Waals surface area (Å²) < 4.78 is 12.6. The molecule has 0 radical (unpaired) electrons. The van der Waals surface area contributed by atoms with E-state index in [-0.39, 0.29) is 0 Å². The van der Waals surface area contributed by atoms with Crippen molar-refractivity contribution in [2.75, 3.05) is 13.7 Å². The number of nitrogens with zero attached hydrogens (tertiary/aromatic N) is 3. The van der Waals surface area contributed by atoms with E-state index in [2.05, 4.69) is 16.7 Å². The summed E-state index contributed by atoms with van der Waals surface area (Å²) in [5.74, 6) is 2.37. The van der Waals surface area contributed by atoms with Crippen molar-refractivity contribution in [3.8, 4) is 17.0 Å². The second kappa shape index (κ2) is 7.81. The molecule has 128 valence electrons. The van der Waals surface area contributed by atoms with E-state index < -0.39 is 0 Å². The number of methoxy groups -OCH3 is 1. The molecule has 0 aliphatic heterocycles. The van der Waals surface area contributed by atoms with E-state index in [1.54, 1.807) is 19.4 Å². The van der Waals surface area contributed by atoms with Gasteiger partial charge in [0.05, 0.1) is 25.6 Å². The number of hydrogen-bond acceptors (Lipinski definition) is 5. The molecule has 1 aromatic carbocycles. The summed E-state index contributed by atoms with van der Waals surface area (Å²) in [4.78, 5) is 5.31. The molecule has 3 aromatic rings. The minimum Gasteiger partial charge on any atom is -0.497 e. The lowest BCUT2D eigenvalue weighted by atomic mass is 10.2. The zero-order chi connectivity index (χ0) is 17.6. The van der Waals surface area contributed by atoms with Gasteiger partial charge in [0.15, 0.2) is 0 Å². The predicted molar refractivity (Wildman–Crippen MR) is 101 cm³/mol. The van der Waals surface area contributed by atoms with Gasteiger partial charge in [-0.05, 0) is 43.3 Å². The van der Waals surface area contributed by atoms with E-state index >= 15 is 0 Å². The summed E-state index contributed by atoms with van der Waals surface area (Å²) in [6, 6.07) is 11.7. The number of aryl methyl sites for hydroxylation is 1. The molecule has 5 nitrogen and oxygen atoms in total. The highest BCUT2D eigenvalue weighted by atomic mass is 32.1. The Morgan fingerprint density at radius 3 is 2.68 bits per heavy atom. The molecule has 0 saturated heterocycles. The molecule has 0 saturated carbocycles. The Bertz CT molecular complexity index is 946. The maximum absolute atomic E-state index is 5.56. The van der Waals surface area contributed by atoms with Crippen molar-refractivity contribution < 1.29 is 9.15 Å². The Balaban J connectivity index is 2.04. The summed E-state index contributed by atoms with van der Waals surface area (Å²) >= 11 is 1.53. The quantitative estimate of drug-likeness (QED) is 0.495. The van der Waals surface area contributed by atoms with E-state index in [4.69, 9.17) is 9.15 Å². The number of furan rings is 1. The van der Waals surface area contributed by atoms with Gasteiger partial charge in [-0.15, -0.1) is 17.9 Å². The van der Waals surface area contributed by atoms with Crippen LogP contribution in [0.25, 0.3) is 11.3 Å². The largest absolute Gasteiger partial charge is 0.497 e. The van der Waals surface area contributed by atoms with Crippen LogP contribution in [0.1, 0.15) is 11.5 Å². The highest BCUT2D eigenvalue weighted by Gasteiger charge is 2.08. The van der Waals surface area contributed by atoms with Crippen molar-refractivity contribution in [1.82, 2.24) is 4.68 Å². The second-order valence-electron chi connectivity index (χ2n) is 5.27. The summed E-state index contributed by atoms with van der Waals surface area (Å²) in [7, 11) is 1.65. The molecular formula is C19H19N3O2S. The Morgan fingerprint density at radius 2 is 2.04 bits per heavy atom. The molecule has 0 unspecified atom stereocenters. The molecule has 0 spiro atoms. The third kappa shape index (κ3) is 3.97. The van der Waals surface area contributed by atoms with Crippen molar-refractivity contribution >= 4 is 17.6 Å². The molecule has 0 fully saturated rings. The van der Waals surface area contributed by atoms with Gasteiger partial charge in [-0.2, -0.15) is 5.10 Å². The maximum atomic E-state index is 5.56. The average molecular weight is 353 g/mol. The molecule has 2 heterocycles. The van der Waals surface area contributed by atoms with Gasteiger partial charge in [0.25, 0.3) is 0 Å². The Labute approximate surface area is 150 Å². The fourth-order valence-electron chi connectivity index (χ4n) is 2.26. The number of ether oxygens (including phenoxy) is 1. The maximum Gasteiger partial charge on any atom is 0.206 e. The molecule has 0 aliphatic rings. The lowest BCUT2D eigenvalue weighted by molar-refractivity contribution is 0.415. The zero-order valence-corrected chi connectivity index (χ0v) is 15.0. The Kier molecular flexibility index (Phi) is 5.30. The van der Waals surface area contributed by atoms with E-state index in [9.17, 15) is 0 Å². The normalized spacial score (nSPS) is 12.0. The summed E-state index contributed by atoms with van der Waals surface area (Å²) in [6.45, 7) is 6.17. The molecule has 0 amide bonds. The topological polar surface area (TPSA) is 52.0 Å². The lowest BCUT2D eigenvalue weighted by Crippen LogP contribution is -2.12. The van der Waals surface area contributed by atoms with Crippen LogP contribution in [0.2, 0.25) is 0 Å². The fourth-order valence-corrected chi connectivity index (χ4v) is 3.11. The van der Waals surface area contributed by atoms with Crippen LogP contribution in [0.4, 0.5) is 0 Å². The third-order valence-electron chi connectivity index (χ3n) is 3.49. The fraction of sp³-hybridized carbons (Fsp3) is 0.158. The van der Waals surface area contributed by atoms with E-state index in [0.29, 0.717) is 12.3 Å². The molecule has 0 aliphatic carbocycles. The van der Waals surface area contributed by atoms with Gasteiger partial charge in [-0.3, -0.25) is 4.99 Å². The number of thiazole rings is 1. The zero-order valence-electron chi connectivity index (χ0n) is 14.2. The van der Waals surface area contributed by atoms with Gasteiger partial charge in [0.1, 0.15) is 17.3 Å². The first kappa shape index (κ1) is 17.0. The predicted octanol–water partition coefficient (Wildman–Crippen LogP) is 4.10. The number of benzene rings is 1. The van der Waals surface area contributed by atoms with Crippen molar-refractivity contribution in [3.05, 3.63) is 70.8 Å². The molecule has 2 aromatic heterocycles. The summed E-state index contributed by atoms with van der Waals surface area (Å²) in [5.41, 5.74) is 1.99. The van der Waals surface area contributed by atoms with Gasteiger partial charge in [-0.25, -0.2) is 4.68 Å². The van der Waals surface area contributed by atoms with E-state index in [1.165, 1.54) is 11.3 Å². The van der Waals surface area contributed by atoms with Crippen molar-refractivity contribution in [2.24, 2.45) is 10.1 Å². The van der Waals surface area contributed by atoms with E-state index in [0.717, 1.165) is 27.6 Å². The first-order valence-electron chi connectivity index (χ1n) is 7.78. The first-order valence-corrected chi connectivity index (χ1v) is 8.66. The third-order valence-corrected chi connectivity index (χ3v) is 4.34. The minimum absolute atomic E-state index is 0.540. The van der Waals surface area contributed by atoms with Crippen LogP contribution >= 0.6 is 11.3 Å². The van der Waals surface area contributed by atoms with Gasteiger partial charge in [0.2, 0.25) is 4.80 Å². The van der Waals surface area contributed by atoms with Crippen LogP contribution in [-0.2, 0) is 0 Å². The van der Waals surface area contributed by atoms with Crippen molar-refractivity contribution in [1.29, 1.82) is 0 Å². The smallest absolute Gasteiger partial charge is 0.206 e. The number of hydrogen-bond donors (Lipinski definition) is 0. The van der Waals surface area contributed by atoms with Gasteiger partial charge < -0.3 is 9.15 Å². The standard InChI is InChI=1S/C19H19N3O2S/c1-4-11-20-19-22(21-12-17-8-5-14(2)24-17)18(13-25-19)15-6-9-16(23-3)10-7-15/h4-10,12-13H,1,11H2,2-3H3. The van der Waals surface area contributed by atoms with Crippen LogP contribution in [-0.4, -0.2) is 24.5 Å². The monoisotopic (exact) mass is 353 g/mol. The summed E-state index contributed by atoms with van der Waals surface area (Å²) in [6.07, 6.45) is 3.45. The first-order chi connectivity index (χ1) is 12.2. The Hall–Kier alpha value is -2.86. The van der Waals surface area contributed by atoms with Crippen molar-refractivity contribution in [2.45, 2.75) is 6.92 Å². The van der Waals surface area contributed by atoms with Gasteiger partial charge in [0, 0.05) is 10.9 Å². The number of rotatable bonds is 6. The molecule has 0 bridgehead atoms. The molecular weight excluding hydrogens is 334 g/mol. The molecule has 0 N–H and O–H groups in total. The molecule has 3 rings (SSSR count). The highest BCUT2D eigenvalue weighted by molar-refractivity contribution is 7.07. The minimum atomic E-state index is 0.540. The van der Waals surface area contributed by atoms with Gasteiger partial charge in [-0.1, -0.05) is 6.08 Å². The molecule has 0 atom stereocenters.